The molecule has 1 aliphatic heterocycles. The molecular weight excluding hydrogens is 164 g/mol. The molecule has 1 aliphatic rings. The minimum atomic E-state index is 0.597. The number of rotatable bonds is 3. The fourth-order valence-electron chi connectivity index (χ4n) is 1.41. The van der Waals surface area contributed by atoms with Gasteiger partial charge in [-0.05, 0) is 32.1 Å². The van der Waals surface area contributed by atoms with Crippen molar-refractivity contribution in [2.45, 2.75) is 12.5 Å². The molecule has 2 rings (SSSR count). The maximum Gasteiger partial charge on any atom is 0.137 e. The van der Waals surface area contributed by atoms with Gasteiger partial charge in [0.15, 0.2) is 0 Å². The van der Waals surface area contributed by atoms with E-state index < -0.39 is 0 Å². The van der Waals surface area contributed by atoms with Gasteiger partial charge in [-0.25, -0.2) is 0 Å². The molecule has 1 fully saturated rings. The number of hydrogen-bond donors (Lipinski definition) is 0. The molecule has 0 unspecified atom stereocenters. The average Bonchev–Trinajstić information content (AvgIpc) is 2.17. The van der Waals surface area contributed by atoms with Gasteiger partial charge in [0.1, 0.15) is 12.4 Å². The minimum absolute atomic E-state index is 0.597. The molecule has 13 heavy (non-hydrogen) atoms. The van der Waals surface area contributed by atoms with E-state index >= 15 is 0 Å². The highest BCUT2D eigenvalue weighted by atomic mass is 16.5. The second-order valence-corrected chi connectivity index (χ2v) is 3.42. The summed E-state index contributed by atoms with van der Waals surface area (Å²) in [5.41, 5.74) is 0. The first-order valence-electron chi connectivity index (χ1n) is 4.59. The van der Waals surface area contributed by atoms with E-state index in [-0.39, 0.29) is 0 Å². The summed E-state index contributed by atoms with van der Waals surface area (Å²) in [6, 6.07) is 4.42. The topological polar surface area (TPSA) is 25.4 Å². The van der Waals surface area contributed by atoms with Crippen LogP contribution < -0.4 is 4.74 Å². The van der Waals surface area contributed by atoms with E-state index in [1.807, 2.05) is 12.1 Å². The molecule has 0 N–H and O–H groups in total. The molecule has 0 spiro atoms. The lowest BCUT2D eigenvalue weighted by Crippen LogP contribution is -2.48. The Morgan fingerprint density at radius 1 is 1.69 bits per heavy atom. The van der Waals surface area contributed by atoms with Crippen molar-refractivity contribution in [1.82, 2.24) is 9.88 Å². The molecule has 3 nitrogen and oxygen atoms in total. The van der Waals surface area contributed by atoms with Crippen LogP contribution in [0.1, 0.15) is 6.42 Å². The molecule has 70 valence electrons. The Hall–Kier alpha value is -1.09. The van der Waals surface area contributed by atoms with Gasteiger partial charge >= 0.3 is 0 Å². The molecule has 1 aromatic heterocycles. The molecule has 0 saturated carbocycles. The van der Waals surface area contributed by atoms with Gasteiger partial charge in [0, 0.05) is 12.2 Å². The Balaban J connectivity index is 1.80. The summed E-state index contributed by atoms with van der Waals surface area (Å²) in [5.74, 6) is 0.864. The number of aromatic nitrogens is 1. The summed E-state index contributed by atoms with van der Waals surface area (Å²) >= 11 is 0. The largest absolute Gasteiger partial charge is 0.490 e. The predicted molar refractivity (Wildman–Crippen MR) is 50.8 cm³/mol. The van der Waals surface area contributed by atoms with Crippen LogP contribution in [0.4, 0.5) is 0 Å². The van der Waals surface area contributed by atoms with Gasteiger partial charge in [0.2, 0.25) is 0 Å². The lowest BCUT2D eigenvalue weighted by molar-refractivity contribution is 0.0767. The lowest BCUT2D eigenvalue weighted by Gasteiger charge is -2.37. The first-order valence-corrected chi connectivity index (χ1v) is 4.59. The highest BCUT2D eigenvalue weighted by Gasteiger charge is 2.24. The summed E-state index contributed by atoms with van der Waals surface area (Å²) in [6.45, 7) is 1.98. The van der Waals surface area contributed by atoms with Crippen LogP contribution in [-0.2, 0) is 0 Å². The quantitative estimate of drug-likeness (QED) is 0.694. The number of likely N-dealkylation sites (N-methyl/N-ethyl adjacent to an activating group) is 1. The van der Waals surface area contributed by atoms with Gasteiger partial charge in [-0.3, -0.25) is 9.88 Å². The van der Waals surface area contributed by atoms with Gasteiger partial charge in [0.05, 0.1) is 6.20 Å². The van der Waals surface area contributed by atoms with Crippen LogP contribution in [0.2, 0.25) is 0 Å². The molecule has 0 aliphatic carbocycles. The Bertz CT molecular complexity index is 263. The zero-order valence-electron chi connectivity index (χ0n) is 7.81. The molecule has 3 heteroatoms. The third-order valence-electron chi connectivity index (χ3n) is 2.52. The van der Waals surface area contributed by atoms with E-state index in [1.54, 1.807) is 12.4 Å². The Morgan fingerprint density at radius 3 is 3.15 bits per heavy atom. The van der Waals surface area contributed by atoms with Crippen LogP contribution in [0.5, 0.6) is 5.75 Å². The zero-order chi connectivity index (χ0) is 9.10. The Morgan fingerprint density at radius 2 is 2.62 bits per heavy atom. The highest BCUT2D eigenvalue weighted by Crippen LogP contribution is 2.16. The third-order valence-corrected chi connectivity index (χ3v) is 2.52. The van der Waals surface area contributed by atoms with Crippen molar-refractivity contribution < 1.29 is 4.74 Å². The van der Waals surface area contributed by atoms with Gasteiger partial charge in [-0.2, -0.15) is 0 Å². The van der Waals surface area contributed by atoms with Gasteiger partial charge in [-0.1, -0.05) is 0 Å². The Labute approximate surface area is 78.3 Å². The molecule has 0 amide bonds. The minimum Gasteiger partial charge on any atom is -0.490 e. The molecular formula is C10H14N2O. The highest BCUT2D eigenvalue weighted by molar-refractivity contribution is 5.15. The van der Waals surface area contributed by atoms with E-state index in [0.717, 1.165) is 12.4 Å². The molecule has 0 radical (unpaired) electrons. The number of likely N-dealkylation sites (tertiary alicyclic amines) is 1. The van der Waals surface area contributed by atoms with Crippen LogP contribution in [0.15, 0.2) is 24.5 Å². The van der Waals surface area contributed by atoms with Crippen LogP contribution in [-0.4, -0.2) is 36.1 Å². The predicted octanol–water partition coefficient (Wildman–Crippen LogP) is 1.16. The van der Waals surface area contributed by atoms with Crippen molar-refractivity contribution in [1.29, 1.82) is 0 Å². The first-order chi connectivity index (χ1) is 6.36. The van der Waals surface area contributed by atoms with Crippen molar-refractivity contribution in [3.63, 3.8) is 0 Å². The third kappa shape index (κ3) is 1.98. The van der Waals surface area contributed by atoms with Gasteiger partial charge in [0.25, 0.3) is 0 Å². The molecule has 1 atom stereocenters. The summed E-state index contributed by atoms with van der Waals surface area (Å²) < 4.78 is 5.58. The van der Waals surface area contributed by atoms with E-state index in [0.29, 0.717) is 6.04 Å². The van der Waals surface area contributed by atoms with Crippen molar-refractivity contribution in [3.8, 4) is 5.75 Å². The number of nitrogens with zero attached hydrogens (tertiary/aromatic N) is 2. The standard InChI is InChI=1S/C10H14N2O/c1-12-6-4-9(12)8-13-10-3-2-5-11-7-10/h2-3,5,7,9H,4,6,8H2,1H3/t9-/m1/s1. The first kappa shape index (κ1) is 8.51. The maximum absolute atomic E-state index is 5.58. The lowest BCUT2D eigenvalue weighted by atomic mass is 10.1. The van der Waals surface area contributed by atoms with Crippen molar-refractivity contribution >= 4 is 0 Å². The van der Waals surface area contributed by atoms with Crippen LogP contribution in [0.25, 0.3) is 0 Å². The van der Waals surface area contributed by atoms with Crippen molar-refractivity contribution in [2.24, 2.45) is 0 Å². The van der Waals surface area contributed by atoms with E-state index in [9.17, 15) is 0 Å². The summed E-state index contributed by atoms with van der Waals surface area (Å²) in [7, 11) is 2.13. The van der Waals surface area contributed by atoms with Crippen LogP contribution in [0.3, 0.4) is 0 Å². The summed E-state index contributed by atoms with van der Waals surface area (Å²) in [6.07, 6.45) is 4.75. The number of hydrogen-bond acceptors (Lipinski definition) is 3. The molecule has 0 aromatic carbocycles. The SMILES string of the molecule is CN1CC[C@@H]1COc1cccnc1. The fraction of sp³-hybridized carbons (Fsp3) is 0.500. The average molecular weight is 178 g/mol. The monoisotopic (exact) mass is 178 g/mol. The summed E-state index contributed by atoms with van der Waals surface area (Å²) in [4.78, 5) is 6.29. The number of ether oxygens (including phenoxy) is 1. The second-order valence-electron chi connectivity index (χ2n) is 3.42. The van der Waals surface area contributed by atoms with E-state index in [1.165, 1.54) is 13.0 Å². The molecule has 1 aromatic rings. The second kappa shape index (κ2) is 3.75. The number of pyridine rings is 1. The van der Waals surface area contributed by atoms with Crippen LogP contribution >= 0.6 is 0 Å². The molecule has 1 saturated heterocycles. The zero-order valence-corrected chi connectivity index (χ0v) is 7.81. The molecule has 0 bridgehead atoms. The maximum atomic E-state index is 5.58. The van der Waals surface area contributed by atoms with Gasteiger partial charge < -0.3 is 4.74 Å². The Kier molecular flexibility index (Phi) is 2.45. The van der Waals surface area contributed by atoms with Crippen LogP contribution in [0, 0.1) is 0 Å². The van der Waals surface area contributed by atoms with E-state index in [4.69, 9.17) is 4.74 Å². The molecule has 2 heterocycles. The van der Waals surface area contributed by atoms with Gasteiger partial charge in [-0.15, -0.1) is 0 Å². The van der Waals surface area contributed by atoms with Crippen molar-refractivity contribution in [3.05, 3.63) is 24.5 Å². The summed E-state index contributed by atoms with van der Waals surface area (Å²) in [5, 5.41) is 0. The normalized spacial score (nSPS) is 22.4. The van der Waals surface area contributed by atoms with E-state index in [2.05, 4.69) is 16.9 Å². The van der Waals surface area contributed by atoms with Crippen molar-refractivity contribution in [2.75, 3.05) is 20.2 Å². The smallest absolute Gasteiger partial charge is 0.137 e. The fourth-order valence-corrected chi connectivity index (χ4v) is 1.41.